The predicted octanol–water partition coefficient (Wildman–Crippen LogP) is 0.548. The number of aryl methyl sites for hydroxylation is 1. The van der Waals surface area contributed by atoms with Gasteiger partial charge in [-0.1, -0.05) is 17.7 Å². The maximum absolute atomic E-state index is 12.5. The molecule has 0 spiro atoms. The van der Waals surface area contributed by atoms with Crippen molar-refractivity contribution in [2.75, 3.05) is 19.6 Å². The van der Waals surface area contributed by atoms with E-state index < -0.39 is 11.9 Å². The number of amides is 2. The van der Waals surface area contributed by atoms with Gasteiger partial charge in [0.25, 0.3) is 5.91 Å². The molecule has 0 aromatic heterocycles. The summed E-state index contributed by atoms with van der Waals surface area (Å²) in [6.07, 6.45) is 0. The van der Waals surface area contributed by atoms with E-state index in [0.717, 1.165) is 5.56 Å². The number of hydrogen-bond donors (Lipinski definition) is 2. The Morgan fingerprint density at radius 2 is 2.21 bits per heavy atom. The molecule has 1 aliphatic rings. The highest BCUT2D eigenvalue weighted by Crippen LogP contribution is 2.19. The van der Waals surface area contributed by atoms with Crippen molar-refractivity contribution in [2.45, 2.75) is 13.0 Å². The van der Waals surface area contributed by atoms with Crippen molar-refractivity contribution in [3.05, 3.63) is 34.3 Å². The lowest BCUT2D eigenvalue weighted by Crippen LogP contribution is -2.58. The summed E-state index contributed by atoms with van der Waals surface area (Å²) in [6.45, 7) is 3.33. The van der Waals surface area contributed by atoms with Gasteiger partial charge in [-0.05, 0) is 24.6 Å². The van der Waals surface area contributed by atoms with Crippen LogP contribution in [0.2, 0.25) is 5.02 Å². The van der Waals surface area contributed by atoms with E-state index in [1.54, 1.807) is 18.2 Å². The molecule has 1 aromatic rings. The molecule has 1 aliphatic heterocycles. The van der Waals surface area contributed by atoms with Gasteiger partial charge in [0.05, 0.1) is 0 Å². The first kappa shape index (κ1) is 13.8. The Hall–Kier alpha value is -1.59. The summed E-state index contributed by atoms with van der Waals surface area (Å²) < 4.78 is 0. The summed E-state index contributed by atoms with van der Waals surface area (Å²) in [5.74, 6) is -0.703. The molecule has 0 radical (unpaired) electrons. The van der Waals surface area contributed by atoms with Crippen LogP contribution in [-0.2, 0) is 4.79 Å². The van der Waals surface area contributed by atoms with Gasteiger partial charge in [0.1, 0.15) is 6.04 Å². The number of halogens is 1. The number of rotatable bonds is 2. The van der Waals surface area contributed by atoms with Crippen LogP contribution < -0.4 is 11.1 Å². The second-order valence-electron chi connectivity index (χ2n) is 4.58. The number of piperazine rings is 1. The number of primary amides is 1. The van der Waals surface area contributed by atoms with Gasteiger partial charge in [-0.25, -0.2) is 0 Å². The average molecular weight is 282 g/mol. The van der Waals surface area contributed by atoms with Gasteiger partial charge in [0.15, 0.2) is 0 Å². The van der Waals surface area contributed by atoms with E-state index in [9.17, 15) is 9.59 Å². The standard InChI is InChI=1S/C13H16ClN3O2/c1-8-2-3-9(14)6-10(8)13(19)17-5-4-16-7-11(17)12(15)18/h2-3,6,11,16H,4-5,7H2,1H3,(H2,15,18). The number of carbonyl (C=O) groups is 2. The summed E-state index contributed by atoms with van der Waals surface area (Å²) in [5.41, 5.74) is 6.69. The van der Waals surface area contributed by atoms with Gasteiger partial charge in [0.2, 0.25) is 5.91 Å². The first-order valence-electron chi connectivity index (χ1n) is 6.08. The Morgan fingerprint density at radius 1 is 1.47 bits per heavy atom. The van der Waals surface area contributed by atoms with Crippen LogP contribution in [0.1, 0.15) is 15.9 Å². The first-order chi connectivity index (χ1) is 9.00. The van der Waals surface area contributed by atoms with Gasteiger partial charge >= 0.3 is 0 Å². The average Bonchev–Trinajstić information content (AvgIpc) is 2.40. The molecule has 0 bridgehead atoms. The van der Waals surface area contributed by atoms with Gasteiger partial charge in [-0.15, -0.1) is 0 Å². The zero-order valence-corrected chi connectivity index (χ0v) is 11.4. The van der Waals surface area contributed by atoms with Crippen molar-refractivity contribution in [3.8, 4) is 0 Å². The number of nitrogens with zero attached hydrogens (tertiary/aromatic N) is 1. The van der Waals surface area contributed by atoms with E-state index in [1.807, 2.05) is 6.92 Å². The van der Waals surface area contributed by atoms with E-state index >= 15 is 0 Å². The zero-order valence-electron chi connectivity index (χ0n) is 10.6. The van der Waals surface area contributed by atoms with Crippen LogP contribution in [0.3, 0.4) is 0 Å². The summed E-state index contributed by atoms with van der Waals surface area (Å²) in [4.78, 5) is 25.4. The molecule has 19 heavy (non-hydrogen) atoms. The molecule has 0 aliphatic carbocycles. The lowest BCUT2D eigenvalue weighted by molar-refractivity contribution is -0.122. The third-order valence-electron chi connectivity index (χ3n) is 3.26. The third-order valence-corrected chi connectivity index (χ3v) is 3.50. The maximum atomic E-state index is 12.5. The predicted molar refractivity (Wildman–Crippen MR) is 73.1 cm³/mol. The number of carbonyl (C=O) groups excluding carboxylic acids is 2. The second-order valence-corrected chi connectivity index (χ2v) is 5.02. The zero-order chi connectivity index (χ0) is 14.0. The van der Waals surface area contributed by atoms with Crippen LogP contribution in [-0.4, -0.2) is 42.4 Å². The van der Waals surface area contributed by atoms with Crippen LogP contribution in [0.5, 0.6) is 0 Å². The molecule has 1 aromatic carbocycles. The number of nitrogens with two attached hydrogens (primary N) is 1. The van der Waals surface area contributed by atoms with Crippen molar-refractivity contribution in [2.24, 2.45) is 5.73 Å². The second kappa shape index (κ2) is 5.59. The van der Waals surface area contributed by atoms with Gasteiger partial charge in [0, 0.05) is 30.2 Å². The van der Waals surface area contributed by atoms with Crippen LogP contribution in [0.25, 0.3) is 0 Å². The minimum atomic E-state index is -0.611. The molecule has 5 nitrogen and oxygen atoms in total. The molecular weight excluding hydrogens is 266 g/mol. The van der Waals surface area contributed by atoms with Crippen molar-refractivity contribution in [1.29, 1.82) is 0 Å². The Labute approximate surface area is 116 Å². The molecule has 0 saturated carbocycles. The van der Waals surface area contributed by atoms with Gasteiger partial charge in [-0.3, -0.25) is 9.59 Å². The normalized spacial score (nSPS) is 19.3. The van der Waals surface area contributed by atoms with Crippen LogP contribution in [0.4, 0.5) is 0 Å². The molecule has 1 heterocycles. The van der Waals surface area contributed by atoms with Crippen LogP contribution in [0.15, 0.2) is 18.2 Å². The highest BCUT2D eigenvalue weighted by atomic mass is 35.5. The molecule has 2 amide bonds. The third kappa shape index (κ3) is 2.88. The Balaban J connectivity index is 2.31. The van der Waals surface area contributed by atoms with Crippen LogP contribution >= 0.6 is 11.6 Å². The summed E-state index contributed by atoms with van der Waals surface area (Å²) in [6, 6.07) is 4.53. The van der Waals surface area contributed by atoms with E-state index in [-0.39, 0.29) is 5.91 Å². The molecule has 3 N–H and O–H groups in total. The lowest BCUT2D eigenvalue weighted by Gasteiger charge is -2.34. The topological polar surface area (TPSA) is 75.4 Å². The summed E-state index contributed by atoms with van der Waals surface area (Å²) >= 11 is 5.92. The Bertz CT molecular complexity index is 519. The number of nitrogens with one attached hydrogen (secondary N) is 1. The fraction of sp³-hybridized carbons (Fsp3) is 0.385. The minimum Gasteiger partial charge on any atom is -0.368 e. The molecule has 1 saturated heterocycles. The van der Waals surface area contributed by atoms with Gasteiger partial charge in [-0.2, -0.15) is 0 Å². The highest BCUT2D eigenvalue weighted by molar-refractivity contribution is 6.31. The van der Waals surface area contributed by atoms with Gasteiger partial charge < -0.3 is 16.0 Å². The SMILES string of the molecule is Cc1ccc(Cl)cc1C(=O)N1CCNCC1C(N)=O. The maximum Gasteiger partial charge on any atom is 0.254 e. The monoisotopic (exact) mass is 281 g/mol. The molecule has 2 rings (SSSR count). The summed E-state index contributed by atoms with van der Waals surface area (Å²) in [7, 11) is 0. The van der Waals surface area contributed by atoms with Crippen molar-refractivity contribution in [1.82, 2.24) is 10.2 Å². The number of benzene rings is 1. The molecule has 1 fully saturated rings. The molecule has 6 heteroatoms. The molecule has 102 valence electrons. The van der Waals surface area contributed by atoms with E-state index in [0.29, 0.717) is 30.2 Å². The highest BCUT2D eigenvalue weighted by Gasteiger charge is 2.31. The van der Waals surface area contributed by atoms with Crippen molar-refractivity contribution in [3.63, 3.8) is 0 Å². The molecule has 1 atom stereocenters. The Kier molecular flexibility index (Phi) is 4.07. The van der Waals surface area contributed by atoms with Crippen LogP contribution in [0, 0.1) is 6.92 Å². The smallest absolute Gasteiger partial charge is 0.254 e. The molecule has 1 unspecified atom stereocenters. The summed E-state index contributed by atoms with van der Waals surface area (Å²) in [5, 5.41) is 3.56. The van der Waals surface area contributed by atoms with Crippen molar-refractivity contribution >= 4 is 23.4 Å². The van der Waals surface area contributed by atoms with E-state index in [2.05, 4.69) is 5.32 Å². The Morgan fingerprint density at radius 3 is 2.89 bits per heavy atom. The minimum absolute atomic E-state index is 0.203. The quantitative estimate of drug-likeness (QED) is 0.831. The number of hydrogen-bond acceptors (Lipinski definition) is 3. The van der Waals surface area contributed by atoms with E-state index in [1.165, 1.54) is 4.90 Å². The first-order valence-corrected chi connectivity index (χ1v) is 6.45. The fourth-order valence-electron chi connectivity index (χ4n) is 2.18. The fourth-order valence-corrected chi connectivity index (χ4v) is 2.35. The van der Waals surface area contributed by atoms with E-state index in [4.69, 9.17) is 17.3 Å². The lowest BCUT2D eigenvalue weighted by atomic mass is 10.1. The largest absolute Gasteiger partial charge is 0.368 e. The van der Waals surface area contributed by atoms with Crippen molar-refractivity contribution < 1.29 is 9.59 Å². The molecular formula is C13H16ClN3O2.